The second kappa shape index (κ2) is 5.00. The third kappa shape index (κ3) is 2.93. The minimum absolute atomic E-state index is 0.145. The van der Waals surface area contributed by atoms with Gasteiger partial charge in [-0.1, -0.05) is 26.0 Å². The van der Waals surface area contributed by atoms with E-state index in [9.17, 15) is 12.8 Å². The van der Waals surface area contributed by atoms with Crippen molar-refractivity contribution in [2.24, 2.45) is 0 Å². The Morgan fingerprint density at radius 3 is 2.58 bits per heavy atom. The average Bonchev–Trinajstić information content (AvgIpc) is 2.77. The molecule has 0 amide bonds. The molecule has 19 heavy (non-hydrogen) atoms. The predicted molar refractivity (Wildman–Crippen MR) is 69.9 cm³/mol. The molecule has 0 saturated carbocycles. The molecule has 102 valence electrons. The smallest absolute Gasteiger partial charge is 0.266 e. The maximum atomic E-state index is 13.5. The van der Waals surface area contributed by atoms with Gasteiger partial charge in [0.1, 0.15) is 10.7 Å². The van der Waals surface area contributed by atoms with E-state index < -0.39 is 20.7 Å². The molecule has 0 radical (unpaired) electrons. The Hall–Kier alpha value is -1.89. The molecule has 0 aliphatic heterocycles. The number of anilines is 1. The van der Waals surface area contributed by atoms with E-state index in [0.717, 1.165) is 11.8 Å². The molecule has 7 heteroatoms. The van der Waals surface area contributed by atoms with Gasteiger partial charge in [0.15, 0.2) is 5.82 Å². The summed E-state index contributed by atoms with van der Waals surface area (Å²) in [6.07, 6.45) is 0. The Morgan fingerprint density at radius 2 is 2.00 bits per heavy atom. The van der Waals surface area contributed by atoms with Crippen LogP contribution in [0.4, 0.5) is 10.2 Å². The number of sulfonamides is 1. The van der Waals surface area contributed by atoms with Crippen molar-refractivity contribution in [3.8, 4) is 0 Å². The molecule has 0 aliphatic rings. The highest BCUT2D eigenvalue weighted by Gasteiger charge is 2.19. The van der Waals surface area contributed by atoms with Crippen LogP contribution in [-0.2, 0) is 10.0 Å². The third-order valence-corrected chi connectivity index (χ3v) is 3.97. The van der Waals surface area contributed by atoms with Crippen LogP contribution in [0, 0.1) is 5.82 Å². The lowest BCUT2D eigenvalue weighted by Crippen LogP contribution is -2.14. The lowest BCUT2D eigenvalue weighted by molar-refractivity contribution is 0.570. The first-order valence-electron chi connectivity index (χ1n) is 5.73. The van der Waals surface area contributed by atoms with E-state index in [1.165, 1.54) is 18.2 Å². The minimum atomic E-state index is -3.96. The number of rotatable bonds is 4. The summed E-state index contributed by atoms with van der Waals surface area (Å²) in [4.78, 5) is -0.399. The fraction of sp³-hybridized carbons (Fsp3) is 0.250. The Labute approximate surface area is 110 Å². The first-order valence-corrected chi connectivity index (χ1v) is 7.21. The molecule has 1 aromatic heterocycles. The summed E-state index contributed by atoms with van der Waals surface area (Å²) in [6, 6.07) is 6.77. The summed E-state index contributed by atoms with van der Waals surface area (Å²) in [7, 11) is -3.96. The number of nitrogens with one attached hydrogen (secondary N) is 2. The standard InChI is InChI=1S/C12H14FN3O2S/c1-8(2)10-7-12(15-14-10)16-19(17,18)11-6-4-3-5-9(11)13/h3-8H,1-2H3,(H2,14,15,16). The van der Waals surface area contributed by atoms with Crippen LogP contribution in [-0.4, -0.2) is 18.6 Å². The maximum absolute atomic E-state index is 13.5. The number of hydrogen-bond acceptors (Lipinski definition) is 3. The molecule has 0 spiro atoms. The Morgan fingerprint density at radius 1 is 1.32 bits per heavy atom. The molecule has 2 rings (SSSR count). The van der Waals surface area contributed by atoms with Crippen LogP contribution >= 0.6 is 0 Å². The van der Waals surface area contributed by atoms with Gasteiger partial charge in [-0.3, -0.25) is 9.82 Å². The molecular weight excluding hydrogens is 269 g/mol. The lowest BCUT2D eigenvalue weighted by Gasteiger charge is -2.05. The molecule has 2 aromatic rings. The molecular formula is C12H14FN3O2S. The van der Waals surface area contributed by atoms with E-state index in [1.54, 1.807) is 6.07 Å². The lowest BCUT2D eigenvalue weighted by atomic mass is 10.1. The van der Waals surface area contributed by atoms with E-state index in [-0.39, 0.29) is 11.7 Å². The van der Waals surface area contributed by atoms with Gasteiger partial charge in [-0.15, -0.1) is 0 Å². The molecule has 0 aliphatic carbocycles. The van der Waals surface area contributed by atoms with Gasteiger partial charge in [0.05, 0.1) is 0 Å². The van der Waals surface area contributed by atoms with Crippen molar-refractivity contribution in [1.29, 1.82) is 0 Å². The summed E-state index contributed by atoms with van der Waals surface area (Å²) in [5.41, 5.74) is 0.797. The molecule has 2 N–H and O–H groups in total. The number of aromatic nitrogens is 2. The molecule has 0 atom stereocenters. The van der Waals surface area contributed by atoms with E-state index in [2.05, 4.69) is 14.9 Å². The van der Waals surface area contributed by atoms with Crippen molar-refractivity contribution in [3.05, 3.63) is 41.8 Å². The van der Waals surface area contributed by atoms with Crippen LogP contribution < -0.4 is 4.72 Å². The first kappa shape index (κ1) is 13.5. The van der Waals surface area contributed by atoms with Gasteiger partial charge in [-0.05, 0) is 18.1 Å². The minimum Gasteiger partial charge on any atom is -0.280 e. The predicted octanol–water partition coefficient (Wildman–Crippen LogP) is 2.47. The highest BCUT2D eigenvalue weighted by Crippen LogP contribution is 2.19. The molecule has 5 nitrogen and oxygen atoms in total. The largest absolute Gasteiger partial charge is 0.280 e. The molecule has 0 bridgehead atoms. The van der Waals surface area contributed by atoms with Crippen LogP contribution in [0.3, 0.4) is 0 Å². The van der Waals surface area contributed by atoms with Crippen LogP contribution in [0.2, 0.25) is 0 Å². The zero-order chi connectivity index (χ0) is 14.0. The van der Waals surface area contributed by atoms with Gasteiger partial charge in [0.25, 0.3) is 10.0 Å². The molecule has 0 fully saturated rings. The fourth-order valence-corrected chi connectivity index (χ4v) is 2.61. The number of aromatic amines is 1. The van der Waals surface area contributed by atoms with Crippen molar-refractivity contribution in [1.82, 2.24) is 10.2 Å². The second-order valence-corrected chi connectivity index (χ2v) is 6.05. The van der Waals surface area contributed by atoms with Crippen LogP contribution in [0.1, 0.15) is 25.5 Å². The van der Waals surface area contributed by atoms with E-state index >= 15 is 0 Å². The van der Waals surface area contributed by atoms with Crippen LogP contribution in [0.25, 0.3) is 0 Å². The number of H-pyrrole nitrogens is 1. The highest BCUT2D eigenvalue weighted by atomic mass is 32.2. The van der Waals surface area contributed by atoms with Gasteiger partial charge < -0.3 is 0 Å². The Bertz CT molecular complexity index is 680. The third-order valence-electron chi connectivity index (χ3n) is 2.58. The normalized spacial score (nSPS) is 11.8. The number of benzene rings is 1. The van der Waals surface area contributed by atoms with Gasteiger partial charge in [-0.25, -0.2) is 12.8 Å². The summed E-state index contributed by atoms with van der Waals surface area (Å²) in [5.74, 6) is -0.458. The van der Waals surface area contributed by atoms with Crippen molar-refractivity contribution < 1.29 is 12.8 Å². The monoisotopic (exact) mass is 283 g/mol. The van der Waals surface area contributed by atoms with E-state index in [0.29, 0.717) is 0 Å². The van der Waals surface area contributed by atoms with Crippen LogP contribution in [0.5, 0.6) is 0 Å². The Kier molecular flexibility index (Phi) is 3.57. The zero-order valence-corrected chi connectivity index (χ0v) is 11.3. The molecule has 0 saturated heterocycles. The van der Waals surface area contributed by atoms with Gasteiger partial charge in [0.2, 0.25) is 0 Å². The van der Waals surface area contributed by atoms with Gasteiger partial charge >= 0.3 is 0 Å². The molecule has 1 heterocycles. The summed E-state index contributed by atoms with van der Waals surface area (Å²) < 4.78 is 39.7. The molecule has 0 unspecified atom stereocenters. The van der Waals surface area contributed by atoms with Crippen LogP contribution in [0.15, 0.2) is 35.2 Å². The summed E-state index contributed by atoms with van der Waals surface area (Å²) >= 11 is 0. The summed E-state index contributed by atoms with van der Waals surface area (Å²) in [5, 5.41) is 6.56. The van der Waals surface area contributed by atoms with E-state index in [1.807, 2.05) is 13.8 Å². The topological polar surface area (TPSA) is 74.8 Å². The zero-order valence-electron chi connectivity index (χ0n) is 10.5. The number of hydrogen-bond donors (Lipinski definition) is 2. The summed E-state index contributed by atoms with van der Waals surface area (Å²) in [6.45, 7) is 3.89. The fourth-order valence-electron chi connectivity index (χ4n) is 1.54. The van der Waals surface area contributed by atoms with E-state index in [4.69, 9.17) is 0 Å². The van der Waals surface area contributed by atoms with Crippen molar-refractivity contribution in [3.63, 3.8) is 0 Å². The van der Waals surface area contributed by atoms with Crippen molar-refractivity contribution >= 4 is 15.8 Å². The Balaban J connectivity index is 2.29. The van der Waals surface area contributed by atoms with Crippen molar-refractivity contribution in [2.75, 3.05) is 4.72 Å². The molecule has 1 aromatic carbocycles. The number of halogens is 1. The maximum Gasteiger partial charge on any atom is 0.266 e. The first-order chi connectivity index (χ1) is 8.90. The second-order valence-electron chi connectivity index (χ2n) is 4.40. The van der Waals surface area contributed by atoms with Crippen molar-refractivity contribution in [2.45, 2.75) is 24.7 Å². The highest BCUT2D eigenvalue weighted by molar-refractivity contribution is 7.92. The SMILES string of the molecule is CC(C)c1cc(NS(=O)(=O)c2ccccc2F)n[nH]1. The quantitative estimate of drug-likeness (QED) is 0.905. The van der Waals surface area contributed by atoms with Gasteiger partial charge in [0, 0.05) is 11.8 Å². The number of nitrogens with zero attached hydrogens (tertiary/aromatic N) is 1. The average molecular weight is 283 g/mol. The van der Waals surface area contributed by atoms with Gasteiger partial charge in [-0.2, -0.15) is 5.10 Å².